The summed E-state index contributed by atoms with van der Waals surface area (Å²) in [5.74, 6) is 0.0914. The molecule has 0 aliphatic carbocycles. The molecule has 0 spiro atoms. The highest BCUT2D eigenvalue weighted by Crippen LogP contribution is 2.15. The molecule has 1 atom stereocenters. The third-order valence-electron chi connectivity index (χ3n) is 2.94. The molecular formula is C11H17N3OS. The number of hydrogen-bond donors (Lipinski definition) is 1. The number of nitrogens with zero attached hydrogens (tertiary/aromatic N) is 2. The molecule has 1 unspecified atom stereocenters. The highest BCUT2D eigenvalue weighted by Gasteiger charge is 2.21. The maximum Gasteiger partial charge on any atom is 0.265 e. The van der Waals surface area contributed by atoms with Gasteiger partial charge < -0.3 is 10.2 Å². The lowest BCUT2D eigenvalue weighted by Crippen LogP contribution is -2.38. The Kier molecular flexibility index (Phi) is 3.56. The number of nitrogens with one attached hydrogen (secondary N) is 1. The monoisotopic (exact) mass is 239 g/mol. The zero-order chi connectivity index (χ0) is 11.5. The van der Waals surface area contributed by atoms with Crippen LogP contribution < -0.4 is 5.32 Å². The Hall–Kier alpha value is -0.940. The minimum absolute atomic E-state index is 0.0914. The number of carbonyl (C=O) groups excluding carboxylic acids is 1. The summed E-state index contributed by atoms with van der Waals surface area (Å²) in [7, 11) is 1.86. The summed E-state index contributed by atoms with van der Waals surface area (Å²) in [6.45, 7) is 3.74. The van der Waals surface area contributed by atoms with Crippen molar-refractivity contribution in [2.45, 2.75) is 25.8 Å². The van der Waals surface area contributed by atoms with E-state index in [-0.39, 0.29) is 5.91 Å². The first-order valence-corrected chi connectivity index (χ1v) is 6.45. The minimum atomic E-state index is 0.0914. The fourth-order valence-electron chi connectivity index (χ4n) is 2.01. The summed E-state index contributed by atoms with van der Waals surface area (Å²) >= 11 is 1.42. The molecule has 0 aromatic carbocycles. The van der Waals surface area contributed by atoms with Crippen molar-refractivity contribution in [3.05, 3.63) is 16.1 Å². The van der Waals surface area contributed by atoms with Crippen LogP contribution in [0.25, 0.3) is 0 Å². The second kappa shape index (κ2) is 4.93. The summed E-state index contributed by atoms with van der Waals surface area (Å²) in [6, 6.07) is 0.460. The Bertz CT molecular complexity index is 371. The quantitative estimate of drug-likeness (QED) is 0.864. The fourth-order valence-corrected chi connectivity index (χ4v) is 2.80. The Morgan fingerprint density at radius 2 is 2.56 bits per heavy atom. The standard InChI is InChI=1S/C11H17N3OS/c1-8-10(16-7-13-8)11(15)14(2)6-9-4-3-5-12-9/h7,9,12H,3-6H2,1-2H3. The largest absolute Gasteiger partial charge is 0.339 e. The zero-order valence-corrected chi connectivity index (χ0v) is 10.5. The van der Waals surface area contributed by atoms with Crippen LogP contribution in [-0.2, 0) is 0 Å². The van der Waals surface area contributed by atoms with Crippen LogP contribution in [0.4, 0.5) is 0 Å². The molecule has 16 heavy (non-hydrogen) atoms. The Labute approximate surface area is 99.7 Å². The van der Waals surface area contributed by atoms with E-state index in [0.717, 1.165) is 23.7 Å². The molecular weight excluding hydrogens is 222 g/mol. The van der Waals surface area contributed by atoms with Gasteiger partial charge in [-0.25, -0.2) is 4.98 Å². The molecule has 1 fully saturated rings. The topological polar surface area (TPSA) is 45.2 Å². The Morgan fingerprint density at radius 1 is 1.75 bits per heavy atom. The molecule has 2 heterocycles. The van der Waals surface area contributed by atoms with Crippen molar-refractivity contribution >= 4 is 17.2 Å². The van der Waals surface area contributed by atoms with Crippen molar-refractivity contribution in [3.63, 3.8) is 0 Å². The average molecular weight is 239 g/mol. The number of aryl methyl sites for hydroxylation is 1. The molecule has 1 aliphatic rings. The highest BCUT2D eigenvalue weighted by atomic mass is 32.1. The van der Waals surface area contributed by atoms with Gasteiger partial charge in [-0.1, -0.05) is 0 Å². The van der Waals surface area contributed by atoms with Gasteiger partial charge in [0.25, 0.3) is 5.91 Å². The van der Waals surface area contributed by atoms with E-state index in [1.165, 1.54) is 24.2 Å². The van der Waals surface area contributed by atoms with Crippen LogP contribution in [0, 0.1) is 6.92 Å². The van der Waals surface area contributed by atoms with E-state index in [2.05, 4.69) is 10.3 Å². The van der Waals surface area contributed by atoms with E-state index in [0.29, 0.717) is 6.04 Å². The molecule has 1 N–H and O–H groups in total. The van der Waals surface area contributed by atoms with Gasteiger partial charge >= 0.3 is 0 Å². The molecule has 88 valence electrons. The van der Waals surface area contributed by atoms with Crippen molar-refractivity contribution in [3.8, 4) is 0 Å². The van der Waals surface area contributed by atoms with Crippen LogP contribution in [-0.4, -0.2) is 42.0 Å². The van der Waals surface area contributed by atoms with E-state index in [1.54, 1.807) is 10.4 Å². The van der Waals surface area contributed by atoms with Gasteiger partial charge in [0.2, 0.25) is 0 Å². The van der Waals surface area contributed by atoms with Crippen molar-refractivity contribution < 1.29 is 4.79 Å². The van der Waals surface area contributed by atoms with E-state index < -0.39 is 0 Å². The van der Waals surface area contributed by atoms with E-state index in [4.69, 9.17) is 0 Å². The summed E-state index contributed by atoms with van der Waals surface area (Å²) < 4.78 is 0. The Morgan fingerprint density at radius 3 is 3.12 bits per heavy atom. The van der Waals surface area contributed by atoms with Crippen molar-refractivity contribution in [2.75, 3.05) is 20.1 Å². The van der Waals surface area contributed by atoms with E-state index in [1.807, 2.05) is 14.0 Å². The van der Waals surface area contributed by atoms with Crippen LogP contribution in [0.15, 0.2) is 5.51 Å². The molecule has 1 saturated heterocycles. The van der Waals surface area contributed by atoms with Crippen molar-refractivity contribution in [1.82, 2.24) is 15.2 Å². The van der Waals surface area contributed by atoms with Crippen LogP contribution >= 0.6 is 11.3 Å². The molecule has 0 bridgehead atoms. The molecule has 1 aromatic rings. The van der Waals surface area contributed by atoms with Crippen molar-refractivity contribution in [1.29, 1.82) is 0 Å². The first-order chi connectivity index (χ1) is 7.68. The van der Waals surface area contributed by atoms with Gasteiger partial charge in [-0.05, 0) is 26.3 Å². The molecule has 1 amide bonds. The molecule has 2 rings (SSSR count). The molecule has 5 heteroatoms. The maximum absolute atomic E-state index is 12.1. The third-order valence-corrected chi connectivity index (χ3v) is 3.86. The van der Waals surface area contributed by atoms with Gasteiger partial charge in [-0.2, -0.15) is 0 Å². The predicted octanol–water partition coefficient (Wildman–Crippen LogP) is 1.28. The predicted molar refractivity (Wildman–Crippen MR) is 64.8 cm³/mol. The number of thiazole rings is 1. The van der Waals surface area contributed by atoms with Crippen molar-refractivity contribution in [2.24, 2.45) is 0 Å². The molecule has 1 aromatic heterocycles. The van der Waals surface area contributed by atoms with Gasteiger partial charge in [0, 0.05) is 19.6 Å². The number of rotatable bonds is 3. The SMILES string of the molecule is Cc1ncsc1C(=O)N(C)CC1CCCN1. The van der Waals surface area contributed by atoms with Gasteiger partial charge in [-0.3, -0.25) is 4.79 Å². The number of likely N-dealkylation sites (N-methyl/N-ethyl adjacent to an activating group) is 1. The first-order valence-electron chi connectivity index (χ1n) is 5.57. The van der Waals surface area contributed by atoms with Gasteiger partial charge in [-0.15, -0.1) is 11.3 Å². The van der Waals surface area contributed by atoms with Crippen LogP contribution in [0.2, 0.25) is 0 Å². The zero-order valence-electron chi connectivity index (χ0n) is 9.69. The van der Waals surface area contributed by atoms with Crippen LogP contribution in [0.5, 0.6) is 0 Å². The number of amides is 1. The number of carbonyl (C=O) groups is 1. The lowest BCUT2D eigenvalue weighted by Gasteiger charge is -2.20. The summed E-state index contributed by atoms with van der Waals surface area (Å²) in [4.78, 5) is 18.7. The fraction of sp³-hybridized carbons (Fsp3) is 0.636. The maximum atomic E-state index is 12.1. The number of aromatic nitrogens is 1. The van der Waals surface area contributed by atoms with E-state index >= 15 is 0 Å². The minimum Gasteiger partial charge on any atom is -0.339 e. The second-order valence-electron chi connectivity index (χ2n) is 4.25. The van der Waals surface area contributed by atoms with Crippen LogP contribution in [0.1, 0.15) is 28.2 Å². The smallest absolute Gasteiger partial charge is 0.265 e. The lowest BCUT2D eigenvalue weighted by molar-refractivity contribution is 0.0787. The molecule has 4 nitrogen and oxygen atoms in total. The number of hydrogen-bond acceptors (Lipinski definition) is 4. The van der Waals surface area contributed by atoms with Crippen LogP contribution in [0.3, 0.4) is 0 Å². The average Bonchev–Trinajstić information content (AvgIpc) is 2.88. The molecule has 1 aliphatic heterocycles. The summed E-state index contributed by atoms with van der Waals surface area (Å²) in [5.41, 5.74) is 2.56. The van der Waals surface area contributed by atoms with Gasteiger partial charge in [0.15, 0.2) is 0 Å². The summed E-state index contributed by atoms with van der Waals surface area (Å²) in [6.07, 6.45) is 2.38. The second-order valence-corrected chi connectivity index (χ2v) is 5.10. The molecule has 0 radical (unpaired) electrons. The summed E-state index contributed by atoms with van der Waals surface area (Å²) in [5, 5.41) is 3.40. The van der Waals surface area contributed by atoms with Gasteiger partial charge in [0.1, 0.15) is 4.88 Å². The lowest BCUT2D eigenvalue weighted by atomic mass is 10.2. The molecule has 0 saturated carbocycles. The first kappa shape index (κ1) is 11.5. The highest BCUT2D eigenvalue weighted by molar-refractivity contribution is 7.11. The normalized spacial score (nSPS) is 20.0. The van der Waals surface area contributed by atoms with E-state index in [9.17, 15) is 4.79 Å². The Balaban J connectivity index is 1.96. The third kappa shape index (κ3) is 2.41. The van der Waals surface area contributed by atoms with Gasteiger partial charge in [0.05, 0.1) is 11.2 Å².